The molecule has 0 spiro atoms. The summed E-state index contributed by atoms with van der Waals surface area (Å²) in [4.78, 5) is 11.9. The number of ketones is 1. The number of aliphatic hydroxyl groups excluding tert-OH is 1. The molecule has 2 rings (SSSR count). The van der Waals surface area contributed by atoms with Gasteiger partial charge in [-0.15, -0.1) is 0 Å². The van der Waals surface area contributed by atoms with E-state index in [2.05, 4.69) is 0 Å². The van der Waals surface area contributed by atoms with Gasteiger partial charge >= 0.3 is 0 Å². The molecule has 92 valence electrons. The molecule has 1 unspecified atom stereocenters. The van der Waals surface area contributed by atoms with Crippen LogP contribution in [0.4, 0.5) is 0 Å². The third-order valence-corrected chi connectivity index (χ3v) is 2.91. The van der Waals surface area contributed by atoms with E-state index in [-0.39, 0.29) is 5.78 Å². The predicted octanol–water partition coefficient (Wildman–Crippen LogP) is 2.86. The topological polar surface area (TPSA) is 37.3 Å². The SMILES string of the molecule is O=C(c1ccccc1)C(O)CCc1ccccc1. The van der Waals surface area contributed by atoms with E-state index >= 15 is 0 Å². The molecule has 1 N–H and O–H groups in total. The van der Waals surface area contributed by atoms with Crippen LogP contribution < -0.4 is 0 Å². The van der Waals surface area contributed by atoms with Crippen molar-refractivity contribution in [2.24, 2.45) is 0 Å². The van der Waals surface area contributed by atoms with Crippen LogP contribution >= 0.6 is 0 Å². The third-order valence-electron chi connectivity index (χ3n) is 2.91. The Morgan fingerprint density at radius 3 is 2.11 bits per heavy atom. The van der Waals surface area contributed by atoms with Gasteiger partial charge in [0.05, 0.1) is 0 Å². The normalized spacial score (nSPS) is 12.1. The van der Waals surface area contributed by atoms with Gasteiger partial charge in [-0.2, -0.15) is 0 Å². The molecule has 0 bridgehead atoms. The number of Topliss-reactive ketones (excluding diaryl/α,β-unsaturated/α-hetero) is 1. The van der Waals surface area contributed by atoms with E-state index in [1.54, 1.807) is 24.3 Å². The first kappa shape index (κ1) is 12.5. The van der Waals surface area contributed by atoms with Gasteiger partial charge in [0, 0.05) is 5.56 Å². The molecule has 0 aromatic heterocycles. The molecule has 0 heterocycles. The van der Waals surface area contributed by atoms with Gasteiger partial charge in [0.1, 0.15) is 6.10 Å². The summed E-state index contributed by atoms with van der Waals surface area (Å²) in [6.45, 7) is 0. The second kappa shape index (κ2) is 6.12. The lowest BCUT2D eigenvalue weighted by molar-refractivity contribution is 0.0731. The Bertz CT molecular complexity index is 491. The average Bonchev–Trinajstić information content (AvgIpc) is 2.46. The molecule has 0 aliphatic heterocycles. The Balaban J connectivity index is 1.93. The van der Waals surface area contributed by atoms with Gasteiger partial charge in [0.25, 0.3) is 0 Å². The van der Waals surface area contributed by atoms with E-state index in [0.29, 0.717) is 18.4 Å². The zero-order valence-electron chi connectivity index (χ0n) is 10.1. The molecule has 2 nitrogen and oxygen atoms in total. The van der Waals surface area contributed by atoms with E-state index in [9.17, 15) is 9.90 Å². The highest BCUT2D eigenvalue weighted by Crippen LogP contribution is 2.10. The minimum absolute atomic E-state index is 0.202. The van der Waals surface area contributed by atoms with Crippen molar-refractivity contribution in [3.63, 3.8) is 0 Å². The van der Waals surface area contributed by atoms with Crippen LogP contribution in [0.15, 0.2) is 60.7 Å². The minimum atomic E-state index is -0.924. The number of carbonyl (C=O) groups excluding carboxylic acids is 1. The molecule has 0 saturated carbocycles. The van der Waals surface area contributed by atoms with Crippen molar-refractivity contribution in [3.8, 4) is 0 Å². The van der Waals surface area contributed by atoms with E-state index in [1.165, 1.54) is 0 Å². The Kier molecular flexibility index (Phi) is 4.26. The van der Waals surface area contributed by atoms with Crippen LogP contribution in [0.2, 0.25) is 0 Å². The summed E-state index contributed by atoms with van der Waals surface area (Å²) in [5, 5.41) is 9.88. The maximum absolute atomic E-state index is 11.9. The molecule has 0 amide bonds. The summed E-state index contributed by atoms with van der Waals surface area (Å²) in [6.07, 6.45) is 0.241. The zero-order valence-corrected chi connectivity index (χ0v) is 10.1. The molecule has 0 saturated heterocycles. The van der Waals surface area contributed by atoms with Gasteiger partial charge in [-0.25, -0.2) is 0 Å². The van der Waals surface area contributed by atoms with Gasteiger partial charge in [0.2, 0.25) is 0 Å². The van der Waals surface area contributed by atoms with Crippen LogP contribution in [0, 0.1) is 0 Å². The van der Waals surface area contributed by atoms with E-state index < -0.39 is 6.10 Å². The number of rotatable bonds is 5. The van der Waals surface area contributed by atoms with Crippen LogP contribution in [0.1, 0.15) is 22.3 Å². The zero-order chi connectivity index (χ0) is 12.8. The minimum Gasteiger partial charge on any atom is -0.385 e. The van der Waals surface area contributed by atoms with Gasteiger partial charge in [-0.1, -0.05) is 60.7 Å². The number of aliphatic hydroxyl groups is 1. The maximum Gasteiger partial charge on any atom is 0.191 e. The van der Waals surface area contributed by atoms with Crippen LogP contribution in [0.25, 0.3) is 0 Å². The molecular formula is C16H16O2. The lowest BCUT2D eigenvalue weighted by Gasteiger charge is -2.09. The monoisotopic (exact) mass is 240 g/mol. The lowest BCUT2D eigenvalue weighted by Crippen LogP contribution is -2.21. The number of aryl methyl sites for hydroxylation is 1. The highest BCUT2D eigenvalue weighted by Gasteiger charge is 2.16. The summed E-state index contributed by atoms with van der Waals surface area (Å²) in [6, 6.07) is 18.8. The maximum atomic E-state index is 11.9. The lowest BCUT2D eigenvalue weighted by atomic mass is 10.0. The van der Waals surface area contributed by atoms with Crippen molar-refractivity contribution < 1.29 is 9.90 Å². The van der Waals surface area contributed by atoms with E-state index in [0.717, 1.165) is 5.56 Å². The molecule has 0 fully saturated rings. The van der Waals surface area contributed by atoms with Crippen molar-refractivity contribution in [2.75, 3.05) is 0 Å². The first-order valence-electron chi connectivity index (χ1n) is 6.08. The Labute approximate surface area is 107 Å². The van der Waals surface area contributed by atoms with E-state index in [1.807, 2.05) is 36.4 Å². The summed E-state index contributed by atoms with van der Waals surface area (Å²) >= 11 is 0. The summed E-state index contributed by atoms with van der Waals surface area (Å²) in [7, 11) is 0. The standard InChI is InChI=1S/C16H16O2/c17-15(12-11-13-7-3-1-4-8-13)16(18)14-9-5-2-6-10-14/h1-10,15,17H,11-12H2. The van der Waals surface area contributed by atoms with Gasteiger partial charge < -0.3 is 5.11 Å². The van der Waals surface area contributed by atoms with Crippen molar-refractivity contribution in [1.29, 1.82) is 0 Å². The number of hydrogen-bond donors (Lipinski definition) is 1. The Morgan fingerprint density at radius 2 is 1.50 bits per heavy atom. The Hall–Kier alpha value is -1.93. The van der Waals surface area contributed by atoms with Crippen LogP contribution in [-0.2, 0) is 6.42 Å². The summed E-state index contributed by atoms with van der Waals surface area (Å²) in [5.41, 5.74) is 1.70. The number of carbonyl (C=O) groups is 1. The Morgan fingerprint density at radius 1 is 0.944 bits per heavy atom. The van der Waals surface area contributed by atoms with E-state index in [4.69, 9.17) is 0 Å². The molecule has 0 radical (unpaired) electrons. The largest absolute Gasteiger partial charge is 0.385 e. The quantitative estimate of drug-likeness (QED) is 0.816. The first-order chi connectivity index (χ1) is 8.77. The third kappa shape index (κ3) is 3.28. The van der Waals surface area contributed by atoms with Crippen molar-refractivity contribution in [2.45, 2.75) is 18.9 Å². The average molecular weight is 240 g/mol. The molecule has 1 atom stereocenters. The number of benzene rings is 2. The van der Waals surface area contributed by atoms with Crippen molar-refractivity contribution in [3.05, 3.63) is 71.8 Å². The molecule has 2 aromatic rings. The summed E-state index contributed by atoms with van der Waals surface area (Å²) in [5.74, 6) is -0.202. The highest BCUT2D eigenvalue weighted by atomic mass is 16.3. The van der Waals surface area contributed by atoms with Crippen molar-refractivity contribution in [1.82, 2.24) is 0 Å². The molecular weight excluding hydrogens is 224 g/mol. The molecule has 0 aliphatic rings. The fraction of sp³-hybridized carbons (Fsp3) is 0.188. The number of hydrogen-bond acceptors (Lipinski definition) is 2. The van der Waals surface area contributed by atoms with Crippen LogP contribution in [-0.4, -0.2) is 17.0 Å². The molecule has 18 heavy (non-hydrogen) atoms. The van der Waals surface area contributed by atoms with Crippen LogP contribution in [0.3, 0.4) is 0 Å². The molecule has 0 aliphatic carbocycles. The van der Waals surface area contributed by atoms with Gasteiger partial charge in [-0.05, 0) is 18.4 Å². The second-order valence-electron chi connectivity index (χ2n) is 4.27. The van der Waals surface area contributed by atoms with Crippen molar-refractivity contribution >= 4 is 5.78 Å². The smallest absolute Gasteiger partial charge is 0.191 e. The predicted molar refractivity (Wildman–Crippen MR) is 71.5 cm³/mol. The highest BCUT2D eigenvalue weighted by molar-refractivity contribution is 5.99. The van der Waals surface area contributed by atoms with Gasteiger partial charge in [0.15, 0.2) is 5.78 Å². The summed E-state index contributed by atoms with van der Waals surface area (Å²) < 4.78 is 0. The first-order valence-corrected chi connectivity index (χ1v) is 6.08. The molecule has 2 aromatic carbocycles. The fourth-order valence-electron chi connectivity index (χ4n) is 1.87. The fourth-order valence-corrected chi connectivity index (χ4v) is 1.87. The van der Waals surface area contributed by atoms with Gasteiger partial charge in [-0.3, -0.25) is 4.79 Å². The molecule has 2 heteroatoms. The second-order valence-corrected chi connectivity index (χ2v) is 4.27. The van der Waals surface area contributed by atoms with Crippen LogP contribution in [0.5, 0.6) is 0 Å².